The molecular weight excluding hydrogens is 358 g/mol. The van der Waals surface area contributed by atoms with E-state index in [1.54, 1.807) is 0 Å². The predicted molar refractivity (Wildman–Crippen MR) is 88.1 cm³/mol. The number of halogens is 1. The number of hydrogen-bond donors (Lipinski definition) is 1. The standard InChI is InChI=1S/C14H13ClN3O5S/c15-9-5-17-12(19)11(16)13(17)24(7-9)14(20)23-6-8-1-3-10(4-2-8)18(21)22/h1-5,11,13H,6-7,16H2/q+1/t11?,13-,24?/m1/s1. The molecule has 2 unspecified atom stereocenters. The number of rotatable bonds is 3. The number of ether oxygens (including phenoxy) is 1. The van der Waals surface area contributed by atoms with Crippen LogP contribution in [-0.4, -0.2) is 38.2 Å². The van der Waals surface area contributed by atoms with Gasteiger partial charge in [0.15, 0.2) is 11.8 Å². The number of β-lactam (4-membered cyclic amide) rings is 1. The monoisotopic (exact) mass is 370 g/mol. The molecular formula is C14H13ClN3O5S+. The number of nitrogens with two attached hydrogens (primary N) is 1. The fraction of sp³-hybridized carbons (Fsp3) is 0.286. The van der Waals surface area contributed by atoms with E-state index in [1.165, 1.54) is 35.4 Å². The number of hydrogen-bond acceptors (Lipinski definition) is 6. The Kier molecular flexibility index (Phi) is 4.48. The van der Waals surface area contributed by atoms with Gasteiger partial charge in [-0.05, 0) is 17.7 Å². The fourth-order valence-corrected chi connectivity index (χ4v) is 4.91. The van der Waals surface area contributed by atoms with Crippen molar-refractivity contribution in [3.63, 3.8) is 0 Å². The van der Waals surface area contributed by atoms with Crippen molar-refractivity contribution in [2.75, 3.05) is 5.75 Å². The zero-order valence-corrected chi connectivity index (χ0v) is 13.8. The number of carbonyl (C=O) groups is 2. The fourth-order valence-electron chi connectivity index (χ4n) is 2.47. The van der Waals surface area contributed by atoms with Crippen LogP contribution < -0.4 is 5.73 Å². The zero-order valence-electron chi connectivity index (χ0n) is 12.3. The molecule has 1 aromatic carbocycles. The third-order valence-corrected chi connectivity index (χ3v) is 6.36. The van der Waals surface area contributed by atoms with Crippen molar-refractivity contribution < 1.29 is 19.2 Å². The van der Waals surface area contributed by atoms with Gasteiger partial charge in [0.2, 0.25) is 5.37 Å². The van der Waals surface area contributed by atoms with Crippen LogP contribution in [0.25, 0.3) is 0 Å². The molecule has 1 aromatic rings. The first-order valence-electron chi connectivity index (χ1n) is 6.92. The topological polar surface area (TPSA) is 116 Å². The molecule has 3 rings (SSSR count). The number of nitrogens with zero attached hydrogens (tertiary/aromatic N) is 2. The lowest BCUT2D eigenvalue weighted by Crippen LogP contribution is -2.71. The quantitative estimate of drug-likeness (QED) is 0.283. The van der Waals surface area contributed by atoms with Gasteiger partial charge in [0.25, 0.3) is 11.6 Å². The lowest BCUT2D eigenvalue weighted by atomic mass is 10.1. The van der Waals surface area contributed by atoms with E-state index < -0.39 is 32.5 Å². The summed E-state index contributed by atoms with van der Waals surface area (Å²) in [5.74, 6) is 0.0292. The molecule has 0 aliphatic carbocycles. The van der Waals surface area contributed by atoms with Crippen molar-refractivity contribution in [1.29, 1.82) is 0 Å². The highest BCUT2D eigenvalue weighted by atomic mass is 35.5. The second-order valence-electron chi connectivity index (χ2n) is 5.27. The first-order valence-corrected chi connectivity index (χ1v) is 8.75. The molecule has 8 nitrogen and oxygen atoms in total. The zero-order chi connectivity index (χ0) is 17.4. The van der Waals surface area contributed by atoms with Crippen molar-refractivity contribution in [1.82, 2.24) is 4.90 Å². The summed E-state index contributed by atoms with van der Waals surface area (Å²) >= 11 is 5.99. The molecule has 2 N–H and O–H groups in total. The molecule has 0 saturated carbocycles. The van der Waals surface area contributed by atoms with E-state index in [0.717, 1.165) is 0 Å². The van der Waals surface area contributed by atoms with Gasteiger partial charge in [-0.2, -0.15) is 4.79 Å². The smallest absolute Gasteiger partial charge is 0.421 e. The number of nitro groups is 1. The number of carbonyl (C=O) groups excluding carboxylic acids is 2. The minimum atomic E-state index is -0.933. The minimum Gasteiger partial charge on any atom is -0.421 e. The largest absolute Gasteiger partial charge is 0.528 e. The van der Waals surface area contributed by atoms with Crippen LogP contribution in [0.1, 0.15) is 5.56 Å². The molecule has 0 spiro atoms. The van der Waals surface area contributed by atoms with Crippen LogP contribution in [0.5, 0.6) is 0 Å². The van der Waals surface area contributed by atoms with Gasteiger partial charge in [0.05, 0.1) is 9.96 Å². The highest BCUT2D eigenvalue weighted by molar-refractivity contribution is 8.11. The average Bonchev–Trinajstić information content (AvgIpc) is 2.58. The molecule has 2 aliphatic rings. The molecule has 1 amide bonds. The van der Waals surface area contributed by atoms with Crippen molar-refractivity contribution in [2.45, 2.75) is 18.0 Å². The van der Waals surface area contributed by atoms with Gasteiger partial charge in [0, 0.05) is 18.3 Å². The highest BCUT2D eigenvalue weighted by Crippen LogP contribution is 2.34. The third kappa shape index (κ3) is 2.97. The Morgan fingerprint density at radius 1 is 1.46 bits per heavy atom. The van der Waals surface area contributed by atoms with E-state index in [4.69, 9.17) is 22.1 Å². The highest BCUT2D eigenvalue weighted by Gasteiger charge is 2.61. The molecule has 126 valence electrons. The van der Waals surface area contributed by atoms with Crippen LogP contribution >= 0.6 is 11.6 Å². The molecule has 0 radical (unpaired) electrons. The maximum atomic E-state index is 12.3. The van der Waals surface area contributed by atoms with Gasteiger partial charge >= 0.3 is 5.30 Å². The Hall–Kier alpha value is -2.10. The number of fused-ring (bicyclic) bond motifs is 1. The molecule has 1 saturated heterocycles. The summed E-state index contributed by atoms with van der Waals surface area (Å²) in [5, 5.41) is 10.1. The number of amides is 1. The maximum Gasteiger partial charge on any atom is 0.528 e. The minimum absolute atomic E-state index is 0.0163. The number of benzene rings is 1. The van der Waals surface area contributed by atoms with E-state index in [9.17, 15) is 19.7 Å². The lowest BCUT2D eigenvalue weighted by molar-refractivity contribution is -0.384. The molecule has 2 heterocycles. The maximum absolute atomic E-state index is 12.3. The Bertz CT molecular complexity index is 738. The summed E-state index contributed by atoms with van der Waals surface area (Å²) in [5.41, 5.74) is 6.36. The first kappa shape index (κ1) is 16.7. The summed E-state index contributed by atoms with van der Waals surface area (Å²) in [6.07, 6.45) is 1.50. The summed E-state index contributed by atoms with van der Waals surface area (Å²) in [6, 6.07) is 5.00. The predicted octanol–water partition coefficient (Wildman–Crippen LogP) is 1.44. The molecule has 1 fully saturated rings. The molecule has 0 aromatic heterocycles. The van der Waals surface area contributed by atoms with E-state index in [2.05, 4.69) is 0 Å². The third-order valence-electron chi connectivity index (χ3n) is 3.70. The molecule has 10 heteroatoms. The van der Waals surface area contributed by atoms with Gasteiger partial charge in [-0.1, -0.05) is 11.6 Å². The molecule has 2 aliphatic heterocycles. The van der Waals surface area contributed by atoms with Crippen LogP contribution in [0.4, 0.5) is 10.5 Å². The molecule has 0 bridgehead atoms. The Morgan fingerprint density at radius 3 is 2.75 bits per heavy atom. The number of nitro benzene ring substituents is 1. The SMILES string of the molecule is NC1C(=O)N2C=C(Cl)C[S+](C(=O)OCc3ccc([N+](=O)[O-])cc3)[C@H]12. The van der Waals surface area contributed by atoms with Crippen molar-refractivity contribution >= 4 is 39.4 Å². The Labute approximate surface area is 144 Å². The van der Waals surface area contributed by atoms with E-state index in [1.807, 2.05) is 0 Å². The van der Waals surface area contributed by atoms with Crippen molar-refractivity contribution in [3.8, 4) is 0 Å². The second kappa shape index (κ2) is 6.42. The van der Waals surface area contributed by atoms with Gasteiger partial charge in [-0.3, -0.25) is 19.8 Å². The van der Waals surface area contributed by atoms with Crippen LogP contribution in [0.3, 0.4) is 0 Å². The Balaban J connectivity index is 1.63. The van der Waals surface area contributed by atoms with E-state index in [0.29, 0.717) is 16.3 Å². The summed E-state index contributed by atoms with van der Waals surface area (Å²) in [6.45, 7) is -0.0163. The van der Waals surface area contributed by atoms with Crippen LogP contribution in [-0.2, 0) is 27.0 Å². The lowest BCUT2D eigenvalue weighted by Gasteiger charge is -2.42. The average molecular weight is 371 g/mol. The summed E-state index contributed by atoms with van der Waals surface area (Å²) in [4.78, 5) is 35.5. The Morgan fingerprint density at radius 2 is 2.12 bits per heavy atom. The molecule has 3 atom stereocenters. The van der Waals surface area contributed by atoms with Gasteiger partial charge in [-0.25, -0.2) is 0 Å². The summed E-state index contributed by atoms with van der Waals surface area (Å²) in [7, 11) is -0.933. The second-order valence-corrected chi connectivity index (χ2v) is 7.72. The first-order chi connectivity index (χ1) is 11.4. The van der Waals surface area contributed by atoms with Gasteiger partial charge in [-0.15, -0.1) is 0 Å². The van der Waals surface area contributed by atoms with Crippen molar-refractivity contribution in [2.24, 2.45) is 5.73 Å². The van der Waals surface area contributed by atoms with Crippen molar-refractivity contribution in [3.05, 3.63) is 51.2 Å². The normalized spacial score (nSPS) is 25.4. The van der Waals surface area contributed by atoms with Gasteiger partial charge in [0.1, 0.15) is 17.5 Å². The van der Waals surface area contributed by atoms with Crippen LogP contribution in [0.2, 0.25) is 0 Å². The van der Waals surface area contributed by atoms with Gasteiger partial charge < -0.3 is 10.5 Å². The summed E-state index contributed by atoms with van der Waals surface area (Å²) < 4.78 is 5.28. The van der Waals surface area contributed by atoms with E-state index >= 15 is 0 Å². The van der Waals surface area contributed by atoms with Crippen LogP contribution in [0.15, 0.2) is 35.5 Å². The van der Waals surface area contributed by atoms with E-state index in [-0.39, 0.29) is 18.2 Å². The van der Waals surface area contributed by atoms with Crippen LogP contribution in [0, 0.1) is 10.1 Å². The molecule has 24 heavy (non-hydrogen) atoms. The number of non-ortho nitro benzene ring substituents is 1.